The third-order valence-electron chi connectivity index (χ3n) is 19.0. The zero-order valence-corrected chi connectivity index (χ0v) is 64.4. The predicted octanol–water partition coefficient (Wildman–Crippen LogP) is 25.6. The second-order valence-corrected chi connectivity index (χ2v) is 29.6. The molecule has 89 heavy (non-hydrogen) atoms. The summed E-state index contributed by atoms with van der Waals surface area (Å²) >= 11 is 0. The van der Waals surface area contributed by atoms with Crippen LogP contribution in [0.15, 0.2) is 70.5 Å². The summed E-state index contributed by atoms with van der Waals surface area (Å²) in [6.45, 7) is 9.08. The molecule has 0 fully saturated rings. The van der Waals surface area contributed by atoms with Crippen LogP contribution in [-0.4, -0.2) is 74.8 Å². The second kappa shape index (κ2) is 56.0. The molecule has 4 aromatic carbocycles. The SMILES string of the molecule is CCCCCCCCCCCCCCCc1cc2ccccc2c(CCCCCCCCCCCCCCC)c1S(=O)(=O)[O-].CCCCCCCCCCCCCCCc1cc2ccccc2c(CCCCCCCCCCCCCCC)c1S(=O)(=O)[O-].[Ba+2]. The van der Waals surface area contributed by atoms with Crippen molar-refractivity contribution in [3.8, 4) is 0 Å². The molecule has 0 saturated carbocycles. The van der Waals surface area contributed by atoms with Crippen molar-refractivity contribution in [1.29, 1.82) is 0 Å². The quantitative estimate of drug-likeness (QED) is 0.0247. The molecule has 0 bridgehead atoms. The maximum atomic E-state index is 12.6. The van der Waals surface area contributed by atoms with E-state index in [0.717, 1.165) is 95.2 Å². The summed E-state index contributed by atoms with van der Waals surface area (Å²) in [4.78, 5) is 0.183. The van der Waals surface area contributed by atoms with Crippen LogP contribution in [0.25, 0.3) is 21.5 Å². The van der Waals surface area contributed by atoms with Crippen LogP contribution in [0.3, 0.4) is 0 Å². The van der Waals surface area contributed by atoms with Gasteiger partial charge in [0.1, 0.15) is 20.2 Å². The molecule has 9 heteroatoms. The smallest absolute Gasteiger partial charge is 0.744 e. The number of benzene rings is 4. The monoisotopic (exact) mass is 1390 g/mol. The van der Waals surface area contributed by atoms with Crippen molar-refractivity contribution in [3.05, 3.63) is 82.9 Å². The standard InChI is InChI=1S/2C40H68O3S.Ba/c2*1-3-5-7-9-11-13-15-17-19-21-23-25-27-32-37-35-36-31-29-30-33-38(36)39(40(37)44(41,42)43)34-28-26-24-22-20-18-16-14-12-10-8-6-4-2;/h2*29-31,33,35H,3-28,32,34H2,1-2H3,(H,41,42,43);/q;;+2/p-2. The summed E-state index contributed by atoms with van der Waals surface area (Å²) in [6.07, 6.45) is 69.5. The van der Waals surface area contributed by atoms with E-state index in [-0.39, 0.29) is 58.7 Å². The Kier molecular flexibility index (Phi) is 52.8. The van der Waals surface area contributed by atoms with Crippen LogP contribution < -0.4 is 0 Å². The molecule has 0 spiro atoms. The van der Waals surface area contributed by atoms with E-state index < -0.39 is 20.2 Å². The molecule has 0 heterocycles. The van der Waals surface area contributed by atoms with Crippen molar-refractivity contribution in [3.63, 3.8) is 0 Å². The Morgan fingerprint density at radius 2 is 0.438 bits per heavy atom. The van der Waals surface area contributed by atoms with E-state index in [9.17, 15) is 25.9 Å². The number of hydrogen-bond acceptors (Lipinski definition) is 6. The number of fused-ring (bicyclic) bond motifs is 2. The van der Waals surface area contributed by atoms with Gasteiger partial charge >= 0.3 is 48.9 Å². The van der Waals surface area contributed by atoms with E-state index in [2.05, 4.69) is 39.8 Å². The van der Waals surface area contributed by atoms with Crippen molar-refractivity contribution in [1.82, 2.24) is 0 Å². The molecule has 6 nitrogen and oxygen atoms in total. The second-order valence-electron chi connectivity index (χ2n) is 27.0. The van der Waals surface area contributed by atoms with Crippen molar-refractivity contribution in [2.75, 3.05) is 0 Å². The van der Waals surface area contributed by atoms with Crippen molar-refractivity contribution in [2.45, 2.75) is 397 Å². The Morgan fingerprint density at radius 1 is 0.258 bits per heavy atom. The van der Waals surface area contributed by atoms with E-state index in [1.54, 1.807) is 0 Å². The maximum Gasteiger partial charge on any atom is 2.00 e. The van der Waals surface area contributed by atoms with Crippen molar-refractivity contribution >= 4 is 90.7 Å². The van der Waals surface area contributed by atoms with Gasteiger partial charge in [-0.2, -0.15) is 0 Å². The van der Waals surface area contributed by atoms with Gasteiger partial charge in [-0.05, 0) is 107 Å². The first-order chi connectivity index (χ1) is 43.0. The molecule has 0 aliphatic heterocycles. The van der Waals surface area contributed by atoms with Crippen LogP contribution in [0.4, 0.5) is 0 Å². The van der Waals surface area contributed by atoms with Gasteiger partial charge in [0.25, 0.3) is 0 Å². The minimum absolute atomic E-state index is 0. The molecule has 0 saturated heterocycles. The van der Waals surface area contributed by atoms with Crippen molar-refractivity contribution in [2.24, 2.45) is 0 Å². The summed E-state index contributed by atoms with van der Waals surface area (Å²) in [5.74, 6) is 0. The van der Waals surface area contributed by atoms with E-state index in [1.165, 1.54) is 283 Å². The summed E-state index contributed by atoms with van der Waals surface area (Å²) in [6, 6.07) is 20.0. The fourth-order valence-corrected chi connectivity index (χ4v) is 15.7. The topological polar surface area (TPSA) is 114 Å². The molecule has 0 amide bonds. The predicted molar refractivity (Wildman–Crippen MR) is 387 cm³/mol. The van der Waals surface area contributed by atoms with Crippen LogP contribution >= 0.6 is 0 Å². The van der Waals surface area contributed by atoms with Gasteiger partial charge in [0.05, 0.1) is 9.79 Å². The molecular formula is C80H134BaO6S2. The molecule has 0 unspecified atom stereocenters. The Labute approximate surface area is 591 Å². The Morgan fingerprint density at radius 3 is 0.640 bits per heavy atom. The van der Waals surface area contributed by atoms with E-state index in [1.807, 2.05) is 48.5 Å². The van der Waals surface area contributed by atoms with Crippen LogP contribution in [-0.2, 0) is 45.9 Å². The van der Waals surface area contributed by atoms with Gasteiger partial charge in [0.2, 0.25) is 0 Å². The van der Waals surface area contributed by atoms with E-state index in [0.29, 0.717) is 25.7 Å². The number of unbranched alkanes of at least 4 members (excludes halogenated alkanes) is 48. The Bertz CT molecular complexity index is 2370. The molecule has 504 valence electrons. The van der Waals surface area contributed by atoms with Crippen LogP contribution in [0.2, 0.25) is 0 Å². The number of rotatable bonds is 58. The largest absolute Gasteiger partial charge is 2.00 e. The molecule has 0 N–H and O–H groups in total. The average molecular weight is 1390 g/mol. The number of hydrogen-bond donors (Lipinski definition) is 0. The van der Waals surface area contributed by atoms with Gasteiger partial charge < -0.3 is 9.11 Å². The van der Waals surface area contributed by atoms with E-state index in [4.69, 9.17) is 0 Å². The van der Waals surface area contributed by atoms with Gasteiger partial charge in [-0.15, -0.1) is 0 Å². The molecule has 0 aliphatic rings. The third kappa shape index (κ3) is 40.1. The summed E-state index contributed by atoms with van der Waals surface area (Å²) in [7, 11) is -9.08. The maximum absolute atomic E-state index is 12.6. The van der Waals surface area contributed by atoms with Gasteiger partial charge in [0, 0.05) is 0 Å². The fraction of sp³-hybridized carbons (Fsp3) is 0.750. The summed E-state index contributed by atoms with van der Waals surface area (Å²) in [5, 5.41) is 4.01. The van der Waals surface area contributed by atoms with Gasteiger partial charge in [-0.1, -0.05) is 384 Å². The zero-order chi connectivity index (χ0) is 63.4. The third-order valence-corrected chi connectivity index (χ3v) is 21.0. The molecule has 0 radical (unpaired) electrons. The molecular weight excluding hydrogens is 1260 g/mol. The normalized spacial score (nSPS) is 11.8. The van der Waals surface area contributed by atoms with Gasteiger partial charge in [-0.3, -0.25) is 0 Å². The first-order valence-corrected chi connectivity index (χ1v) is 40.8. The number of aryl methyl sites for hydroxylation is 4. The zero-order valence-electron chi connectivity index (χ0n) is 58.3. The van der Waals surface area contributed by atoms with Crippen molar-refractivity contribution < 1.29 is 25.9 Å². The molecule has 4 rings (SSSR count). The van der Waals surface area contributed by atoms with Crippen LogP contribution in [0.1, 0.15) is 384 Å². The summed E-state index contributed by atoms with van der Waals surface area (Å²) < 4.78 is 75.8. The minimum atomic E-state index is -4.54. The Balaban J connectivity index is 0.000000600. The first-order valence-electron chi connectivity index (χ1n) is 38.0. The van der Waals surface area contributed by atoms with Gasteiger partial charge in [0.15, 0.2) is 0 Å². The molecule has 0 aromatic heterocycles. The fourth-order valence-electron chi connectivity index (χ4n) is 13.7. The minimum Gasteiger partial charge on any atom is -0.744 e. The van der Waals surface area contributed by atoms with Crippen LogP contribution in [0.5, 0.6) is 0 Å². The molecule has 0 atom stereocenters. The summed E-state index contributed by atoms with van der Waals surface area (Å²) in [5.41, 5.74) is 3.02. The average Bonchev–Trinajstić information content (AvgIpc) is 0.889. The van der Waals surface area contributed by atoms with Gasteiger partial charge in [-0.25, -0.2) is 16.8 Å². The van der Waals surface area contributed by atoms with E-state index >= 15 is 0 Å². The first kappa shape index (κ1) is 83.9. The molecule has 0 aliphatic carbocycles. The molecule has 4 aromatic rings. The Hall–Kier alpha value is -1.21. The van der Waals surface area contributed by atoms with Crippen LogP contribution in [0, 0.1) is 0 Å².